The minimum atomic E-state index is 1.05. The fourth-order valence-corrected chi connectivity index (χ4v) is 2.42. The van der Waals surface area contributed by atoms with Gasteiger partial charge < -0.3 is 0 Å². The van der Waals surface area contributed by atoms with Crippen molar-refractivity contribution < 1.29 is 0 Å². The molecule has 11 heavy (non-hydrogen) atoms. The number of aryl methyl sites for hydroxylation is 1. The van der Waals surface area contributed by atoms with Crippen LogP contribution in [-0.4, -0.2) is 4.98 Å². The molecule has 0 atom stereocenters. The van der Waals surface area contributed by atoms with Crippen LogP contribution in [-0.2, 0) is 0 Å². The van der Waals surface area contributed by atoms with Crippen molar-refractivity contribution >= 4 is 37.5 Å². The molecule has 56 valence electrons. The standard InChI is InChI=1S/C8H6BrNS/c1-5-2-7-8(11-5)3-6(9)4-10-7/h2-4H,1H3. The SMILES string of the molecule is Cc1cc2ncc(Br)cc2s1. The molecule has 2 heterocycles. The first kappa shape index (κ1) is 7.25. The Morgan fingerprint density at radius 3 is 3.09 bits per heavy atom. The van der Waals surface area contributed by atoms with Crippen molar-refractivity contribution in [2.45, 2.75) is 6.92 Å². The Morgan fingerprint density at radius 1 is 1.45 bits per heavy atom. The molecule has 0 saturated carbocycles. The molecule has 0 fully saturated rings. The third-order valence-electron chi connectivity index (χ3n) is 1.46. The van der Waals surface area contributed by atoms with Crippen LogP contribution in [0, 0.1) is 6.92 Å². The Balaban J connectivity index is 2.82. The number of rotatable bonds is 0. The van der Waals surface area contributed by atoms with Crippen molar-refractivity contribution in [3.63, 3.8) is 0 Å². The highest BCUT2D eigenvalue weighted by atomic mass is 79.9. The van der Waals surface area contributed by atoms with Gasteiger partial charge in [0.15, 0.2) is 0 Å². The first-order valence-corrected chi connectivity index (χ1v) is 4.88. The summed E-state index contributed by atoms with van der Waals surface area (Å²) in [5, 5.41) is 0. The summed E-state index contributed by atoms with van der Waals surface area (Å²) in [6.07, 6.45) is 1.83. The van der Waals surface area contributed by atoms with Crippen molar-refractivity contribution in [2.75, 3.05) is 0 Å². The second kappa shape index (κ2) is 2.57. The van der Waals surface area contributed by atoms with Gasteiger partial charge in [-0.2, -0.15) is 0 Å². The number of aromatic nitrogens is 1. The largest absolute Gasteiger partial charge is 0.254 e. The van der Waals surface area contributed by atoms with Crippen LogP contribution < -0.4 is 0 Å². The molecular formula is C8H6BrNS. The summed E-state index contributed by atoms with van der Waals surface area (Å²) >= 11 is 5.16. The van der Waals surface area contributed by atoms with Gasteiger partial charge in [0, 0.05) is 15.5 Å². The minimum Gasteiger partial charge on any atom is -0.254 e. The van der Waals surface area contributed by atoms with E-state index >= 15 is 0 Å². The zero-order chi connectivity index (χ0) is 7.84. The normalized spacial score (nSPS) is 10.7. The van der Waals surface area contributed by atoms with Crippen LogP contribution in [0.2, 0.25) is 0 Å². The second-order valence-corrected chi connectivity index (χ2v) is 4.60. The van der Waals surface area contributed by atoms with Gasteiger partial charge in [-0.25, -0.2) is 0 Å². The van der Waals surface area contributed by atoms with Gasteiger partial charge in [-0.15, -0.1) is 11.3 Å². The van der Waals surface area contributed by atoms with E-state index in [9.17, 15) is 0 Å². The van der Waals surface area contributed by atoms with Crippen LogP contribution in [0.1, 0.15) is 4.88 Å². The third-order valence-corrected chi connectivity index (χ3v) is 2.88. The van der Waals surface area contributed by atoms with E-state index in [0.29, 0.717) is 0 Å². The molecule has 0 amide bonds. The molecule has 0 saturated heterocycles. The molecule has 0 aliphatic heterocycles. The van der Waals surface area contributed by atoms with Crippen molar-refractivity contribution in [3.8, 4) is 0 Å². The maximum atomic E-state index is 4.27. The van der Waals surface area contributed by atoms with Gasteiger partial charge in [0.25, 0.3) is 0 Å². The Morgan fingerprint density at radius 2 is 2.27 bits per heavy atom. The van der Waals surface area contributed by atoms with E-state index in [0.717, 1.165) is 9.99 Å². The molecule has 0 bridgehead atoms. The Labute approximate surface area is 77.2 Å². The van der Waals surface area contributed by atoms with Crippen LogP contribution in [0.3, 0.4) is 0 Å². The number of fused-ring (bicyclic) bond motifs is 1. The zero-order valence-electron chi connectivity index (χ0n) is 5.97. The highest BCUT2D eigenvalue weighted by Crippen LogP contribution is 2.25. The lowest BCUT2D eigenvalue weighted by Crippen LogP contribution is -1.70. The molecule has 2 aromatic heterocycles. The highest BCUT2D eigenvalue weighted by molar-refractivity contribution is 9.10. The molecule has 3 heteroatoms. The predicted molar refractivity (Wildman–Crippen MR) is 52.1 cm³/mol. The third kappa shape index (κ3) is 1.30. The van der Waals surface area contributed by atoms with Crippen molar-refractivity contribution in [2.24, 2.45) is 0 Å². The van der Waals surface area contributed by atoms with Crippen LogP contribution in [0.25, 0.3) is 10.2 Å². The molecule has 0 aliphatic rings. The van der Waals surface area contributed by atoms with E-state index in [-0.39, 0.29) is 0 Å². The summed E-state index contributed by atoms with van der Waals surface area (Å²) in [4.78, 5) is 5.58. The summed E-state index contributed by atoms with van der Waals surface area (Å²) < 4.78 is 2.30. The van der Waals surface area contributed by atoms with Crippen LogP contribution in [0.5, 0.6) is 0 Å². The first-order chi connectivity index (χ1) is 5.25. The molecule has 0 aliphatic carbocycles. The van der Waals surface area contributed by atoms with Crippen molar-refractivity contribution in [3.05, 3.63) is 27.7 Å². The summed E-state index contributed by atoms with van der Waals surface area (Å²) in [5.41, 5.74) is 1.09. The van der Waals surface area contributed by atoms with Gasteiger partial charge in [0.05, 0.1) is 10.2 Å². The maximum absolute atomic E-state index is 4.27. The van der Waals surface area contributed by atoms with E-state index in [4.69, 9.17) is 0 Å². The fourth-order valence-electron chi connectivity index (χ4n) is 1.02. The smallest absolute Gasteiger partial charge is 0.0813 e. The van der Waals surface area contributed by atoms with Crippen molar-refractivity contribution in [1.29, 1.82) is 0 Å². The van der Waals surface area contributed by atoms with Gasteiger partial charge in [-0.1, -0.05) is 0 Å². The van der Waals surface area contributed by atoms with E-state index in [1.54, 1.807) is 11.3 Å². The quantitative estimate of drug-likeness (QED) is 0.673. The number of hydrogen-bond donors (Lipinski definition) is 0. The monoisotopic (exact) mass is 227 g/mol. The number of hydrogen-bond acceptors (Lipinski definition) is 2. The van der Waals surface area contributed by atoms with Crippen LogP contribution in [0.4, 0.5) is 0 Å². The molecule has 1 nitrogen and oxygen atoms in total. The molecule has 0 aromatic carbocycles. The first-order valence-electron chi connectivity index (χ1n) is 3.27. The predicted octanol–water partition coefficient (Wildman–Crippen LogP) is 3.37. The molecule has 2 aromatic rings. The Hall–Kier alpha value is -0.410. The summed E-state index contributed by atoms with van der Waals surface area (Å²) in [6, 6.07) is 4.20. The molecule has 2 rings (SSSR count). The average molecular weight is 228 g/mol. The fraction of sp³-hybridized carbons (Fsp3) is 0.125. The zero-order valence-corrected chi connectivity index (χ0v) is 8.37. The number of nitrogens with zero attached hydrogens (tertiary/aromatic N) is 1. The van der Waals surface area contributed by atoms with Gasteiger partial charge in [0.2, 0.25) is 0 Å². The maximum Gasteiger partial charge on any atom is 0.0813 e. The van der Waals surface area contributed by atoms with Gasteiger partial charge in [0.1, 0.15) is 0 Å². The van der Waals surface area contributed by atoms with Crippen LogP contribution >= 0.6 is 27.3 Å². The van der Waals surface area contributed by atoms with E-state index in [2.05, 4.69) is 40.0 Å². The molecule has 0 unspecified atom stereocenters. The summed E-state index contributed by atoms with van der Waals surface area (Å²) in [6.45, 7) is 2.10. The second-order valence-electron chi connectivity index (χ2n) is 2.39. The van der Waals surface area contributed by atoms with E-state index in [1.807, 2.05) is 6.20 Å². The topological polar surface area (TPSA) is 12.9 Å². The highest BCUT2D eigenvalue weighted by Gasteiger charge is 1.98. The van der Waals surface area contributed by atoms with Crippen molar-refractivity contribution in [1.82, 2.24) is 4.98 Å². The lowest BCUT2D eigenvalue weighted by Gasteiger charge is -1.87. The van der Waals surface area contributed by atoms with Gasteiger partial charge >= 0.3 is 0 Å². The Bertz CT molecular complexity index is 394. The average Bonchev–Trinajstić information content (AvgIpc) is 2.27. The van der Waals surface area contributed by atoms with Gasteiger partial charge in [-0.3, -0.25) is 4.98 Å². The van der Waals surface area contributed by atoms with E-state index < -0.39 is 0 Å². The van der Waals surface area contributed by atoms with Crippen LogP contribution in [0.15, 0.2) is 22.8 Å². The Kier molecular flexibility index (Phi) is 1.69. The lowest BCUT2D eigenvalue weighted by atomic mass is 10.4. The van der Waals surface area contributed by atoms with E-state index in [1.165, 1.54) is 9.58 Å². The lowest BCUT2D eigenvalue weighted by molar-refractivity contribution is 1.40. The molecule has 0 spiro atoms. The summed E-state index contributed by atoms with van der Waals surface area (Å²) in [5.74, 6) is 0. The molecular weight excluding hydrogens is 222 g/mol. The number of pyridine rings is 1. The summed E-state index contributed by atoms with van der Waals surface area (Å²) in [7, 11) is 0. The van der Waals surface area contributed by atoms with Gasteiger partial charge in [-0.05, 0) is 35.0 Å². The molecule has 0 radical (unpaired) electrons. The minimum absolute atomic E-state index is 1.05. The molecule has 0 N–H and O–H groups in total. The number of halogens is 1. The number of thiophene rings is 1.